The topological polar surface area (TPSA) is 71.3 Å². The van der Waals surface area contributed by atoms with Crippen LogP contribution in [0.5, 0.6) is 11.5 Å². The standard InChI is InChI=1S/C23H26N2O3/c1-17(2)11-12-28-21-10-9-19(14-22(21)27-3)13-20(15-24)23(26)25-16-18-7-5-4-6-8-18/h4-10,13-14,17H,11-12,16H2,1-3H3,(H,25,26)/b20-13+. The fraction of sp³-hybridized carbons (Fsp3) is 0.304. The molecular weight excluding hydrogens is 352 g/mol. The lowest BCUT2D eigenvalue weighted by Gasteiger charge is -2.12. The molecule has 0 heterocycles. The van der Waals surface area contributed by atoms with E-state index >= 15 is 0 Å². The van der Waals surface area contributed by atoms with E-state index in [2.05, 4.69) is 19.2 Å². The van der Waals surface area contributed by atoms with Gasteiger partial charge in [0.1, 0.15) is 11.6 Å². The van der Waals surface area contributed by atoms with Crippen LogP contribution in [-0.4, -0.2) is 19.6 Å². The molecule has 0 aromatic heterocycles. The Kier molecular flexibility index (Phi) is 8.11. The van der Waals surface area contributed by atoms with E-state index in [0.717, 1.165) is 12.0 Å². The predicted molar refractivity (Wildman–Crippen MR) is 110 cm³/mol. The summed E-state index contributed by atoms with van der Waals surface area (Å²) in [5.41, 5.74) is 1.70. The molecule has 2 rings (SSSR count). The molecule has 1 amide bonds. The molecule has 0 aliphatic carbocycles. The molecule has 0 spiro atoms. The normalized spacial score (nSPS) is 11.0. The van der Waals surface area contributed by atoms with Crippen molar-refractivity contribution in [3.63, 3.8) is 0 Å². The van der Waals surface area contributed by atoms with Crippen molar-refractivity contribution in [1.29, 1.82) is 5.26 Å². The number of methoxy groups -OCH3 is 1. The van der Waals surface area contributed by atoms with Gasteiger partial charge in [-0.15, -0.1) is 0 Å². The van der Waals surface area contributed by atoms with Gasteiger partial charge >= 0.3 is 0 Å². The highest BCUT2D eigenvalue weighted by molar-refractivity contribution is 6.01. The molecule has 28 heavy (non-hydrogen) atoms. The highest BCUT2D eigenvalue weighted by atomic mass is 16.5. The molecular formula is C23H26N2O3. The van der Waals surface area contributed by atoms with Crippen molar-refractivity contribution in [2.75, 3.05) is 13.7 Å². The van der Waals surface area contributed by atoms with Gasteiger partial charge in [0.15, 0.2) is 11.5 Å². The zero-order valence-electron chi connectivity index (χ0n) is 16.6. The van der Waals surface area contributed by atoms with Crippen molar-refractivity contribution in [2.24, 2.45) is 5.92 Å². The summed E-state index contributed by atoms with van der Waals surface area (Å²) in [6, 6.07) is 16.9. The van der Waals surface area contributed by atoms with Crippen LogP contribution in [0.25, 0.3) is 6.08 Å². The number of rotatable bonds is 9. The lowest BCUT2D eigenvalue weighted by atomic mass is 10.1. The summed E-state index contributed by atoms with van der Waals surface area (Å²) < 4.78 is 11.2. The van der Waals surface area contributed by atoms with Crippen LogP contribution in [0.15, 0.2) is 54.1 Å². The smallest absolute Gasteiger partial charge is 0.262 e. The van der Waals surface area contributed by atoms with Crippen LogP contribution in [0.3, 0.4) is 0 Å². The molecule has 2 aromatic carbocycles. The third-order valence-electron chi connectivity index (χ3n) is 4.11. The Balaban J connectivity index is 2.08. The molecule has 5 heteroatoms. The average Bonchev–Trinajstić information content (AvgIpc) is 2.71. The molecule has 0 bridgehead atoms. The number of hydrogen-bond acceptors (Lipinski definition) is 4. The maximum absolute atomic E-state index is 12.3. The zero-order chi connectivity index (χ0) is 20.4. The first-order valence-electron chi connectivity index (χ1n) is 9.28. The number of benzene rings is 2. The van der Waals surface area contributed by atoms with Crippen molar-refractivity contribution in [1.82, 2.24) is 5.32 Å². The number of carbonyl (C=O) groups is 1. The van der Waals surface area contributed by atoms with E-state index < -0.39 is 5.91 Å². The Labute approximate surface area is 166 Å². The first-order chi connectivity index (χ1) is 13.5. The number of amides is 1. The number of nitrogens with zero attached hydrogens (tertiary/aromatic N) is 1. The quantitative estimate of drug-likeness (QED) is 0.520. The second kappa shape index (κ2) is 10.8. The average molecular weight is 378 g/mol. The van der Waals surface area contributed by atoms with Crippen LogP contribution >= 0.6 is 0 Å². The van der Waals surface area contributed by atoms with Gasteiger partial charge in [-0.2, -0.15) is 5.26 Å². The summed E-state index contributed by atoms with van der Waals surface area (Å²) in [5, 5.41) is 12.1. The van der Waals surface area contributed by atoms with Crippen molar-refractivity contribution >= 4 is 12.0 Å². The Morgan fingerprint density at radius 3 is 2.57 bits per heavy atom. The Hall–Kier alpha value is -3.26. The maximum atomic E-state index is 12.3. The first kappa shape index (κ1) is 21.0. The number of nitrogens with one attached hydrogen (secondary N) is 1. The van der Waals surface area contributed by atoms with Gasteiger partial charge in [-0.25, -0.2) is 0 Å². The van der Waals surface area contributed by atoms with E-state index in [4.69, 9.17) is 9.47 Å². The molecule has 1 N–H and O–H groups in total. The van der Waals surface area contributed by atoms with Gasteiger partial charge in [0.2, 0.25) is 0 Å². The summed E-state index contributed by atoms with van der Waals surface area (Å²) in [6.45, 7) is 5.25. The van der Waals surface area contributed by atoms with Crippen LogP contribution in [0.1, 0.15) is 31.4 Å². The van der Waals surface area contributed by atoms with Gasteiger partial charge in [0.05, 0.1) is 13.7 Å². The lowest BCUT2D eigenvalue weighted by Crippen LogP contribution is -2.23. The summed E-state index contributed by atoms with van der Waals surface area (Å²) in [7, 11) is 1.57. The molecule has 0 radical (unpaired) electrons. The van der Waals surface area contributed by atoms with Gasteiger partial charge in [-0.3, -0.25) is 4.79 Å². The minimum Gasteiger partial charge on any atom is -0.493 e. The fourth-order valence-corrected chi connectivity index (χ4v) is 2.49. The number of carbonyl (C=O) groups excluding carboxylic acids is 1. The first-order valence-corrected chi connectivity index (χ1v) is 9.28. The number of nitriles is 1. The van der Waals surface area contributed by atoms with Gasteiger partial charge in [-0.1, -0.05) is 50.2 Å². The van der Waals surface area contributed by atoms with Gasteiger partial charge < -0.3 is 14.8 Å². The number of hydrogen-bond donors (Lipinski definition) is 1. The van der Waals surface area contributed by atoms with E-state index in [1.54, 1.807) is 31.4 Å². The molecule has 0 unspecified atom stereocenters. The SMILES string of the molecule is COc1cc(/C=C(\C#N)C(=O)NCc2ccccc2)ccc1OCCC(C)C. The van der Waals surface area contributed by atoms with Crippen LogP contribution in [0.2, 0.25) is 0 Å². The van der Waals surface area contributed by atoms with Crippen molar-refractivity contribution in [2.45, 2.75) is 26.8 Å². The van der Waals surface area contributed by atoms with Crippen LogP contribution < -0.4 is 14.8 Å². The molecule has 146 valence electrons. The van der Waals surface area contributed by atoms with E-state index in [1.807, 2.05) is 36.4 Å². The summed E-state index contributed by atoms with van der Waals surface area (Å²) in [6.07, 6.45) is 2.49. The summed E-state index contributed by atoms with van der Waals surface area (Å²) in [4.78, 5) is 12.3. The van der Waals surface area contributed by atoms with Crippen LogP contribution in [-0.2, 0) is 11.3 Å². The predicted octanol–water partition coefficient (Wildman–Crippen LogP) is 4.34. The van der Waals surface area contributed by atoms with Gasteiger partial charge in [-0.05, 0) is 41.7 Å². The van der Waals surface area contributed by atoms with Crippen molar-refractivity contribution < 1.29 is 14.3 Å². The molecule has 0 saturated heterocycles. The minimum absolute atomic E-state index is 0.0338. The maximum Gasteiger partial charge on any atom is 0.262 e. The Morgan fingerprint density at radius 1 is 1.18 bits per heavy atom. The highest BCUT2D eigenvalue weighted by Gasteiger charge is 2.11. The van der Waals surface area contributed by atoms with E-state index in [0.29, 0.717) is 36.1 Å². The second-order valence-electron chi connectivity index (χ2n) is 6.78. The summed E-state index contributed by atoms with van der Waals surface area (Å²) >= 11 is 0. The van der Waals surface area contributed by atoms with Crippen molar-refractivity contribution in [3.05, 3.63) is 65.2 Å². The number of ether oxygens (including phenoxy) is 2. The molecule has 0 fully saturated rings. The molecule has 0 aliphatic rings. The van der Waals surface area contributed by atoms with Crippen LogP contribution in [0, 0.1) is 17.2 Å². The lowest BCUT2D eigenvalue weighted by molar-refractivity contribution is -0.117. The summed E-state index contributed by atoms with van der Waals surface area (Å²) in [5.74, 6) is 1.36. The Morgan fingerprint density at radius 2 is 1.93 bits per heavy atom. The highest BCUT2D eigenvalue weighted by Crippen LogP contribution is 2.29. The van der Waals surface area contributed by atoms with E-state index in [9.17, 15) is 10.1 Å². The fourth-order valence-electron chi connectivity index (χ4n) is 2.49. The third kappa shape index (κ3) is 6.48. The molecule has 5 nitrogen and oxygen atoms in total. The molecule has 0 saturated carbocycles. The molecule has 2 aromatic rings. The molecule has 0 atom stereocenters. The minimum atomic E-state index is -0.414. The monoisotopic (exact) mass is 378 g/mol. The third-order valence-corrected chi connectivity index (χ3v) is 4.11. The largest absolute Gasteiger partial charge is 0.493 e. The van der Waals surface area contributed by atoms with Gasteiger partial charge in [0, 0.05) is 6.54 Å². The van der Waals surface area contributed by atoms with E-state index in [-0.39, 0.29) is 5.57 Å². The Bertz CT molecular complexity index is 852. The van der Waals surface area contributed by atoms with E-state index in [1.165, 1.54) is 0 Å². The molecule has 0 aliphatic heterocycles. The van der Waals surface area contributed by atoms with Gasteiger partial charge in [0.25, 0.3) is 5.91 Å². The van der Waals surface area contributed by atoms with Crippen molar-refractivity contribution in [3.8, 4) is 17.6 Å². The zero-order valence-corrected chi connectivity index (χ0v) is 16.6. The second-order valence-corrected chi connectivity index (χ2v) is 6.78. The van der Waals surface area contributed by atoms with Crippen LogP contribution in [0.4, 0.5) is 0 Å².